The first-order valence-corrected chi connectivity index (χ1v) is 12.5. The summed E-state index contributed by atoms with van der Waals surface area (Å²) in [6.45, 7) is 0.169. The molecule has 0 aliphatic rings. The van der Waals surface area contributed by atoms with Gasteiger partial charge in [-0.25, -0.2) is 4.79 Å². The van der Waals surface area contributed by atoms with Crippen LogP contribution in [0.25, 0.3) is 0 Å². The Morgan fingerprint density at radius 3 is 2.00 bits per heavy atom. The van der Waals surface area contributed by atoms with Gasteiger partial charge >= 0.3 is 5.97 Å². The van der Waals surface area contributed by atoms with E-state index in [9.17, 15) is 29.1 Å². The second-order valence-corrected chi connectivity index (χ2v) is 8.82. The molecule has 1 aromatic rings. The van der Waals surface area contributed by atoms with Crippen molar-refractivity contribution in [1.82, 2.24) is 16.0 Å². The highest BCUT2D eigenvalue weighted by molar-refractivity contribution is 7.80. The summed E-state index contributed by atoms with van der Waals surface area (Å²) in [5.74, 6) is -4.54. The van der Waals surface area contributed by atoms with Crippen molar-refractivity contribution in [3.8, 4) is 0 Å². The predicted molar refractivity (Wildman–Crippen MR) is 144 cm³/mol. The number of carbonyl (C=O) groups excluding carboxylic acids is 4. The van der Waals surface area contributed by atoms with Crippen molar-refractivity contribution in [2.75, 3.05) is 12.3 Å². The van der Waals surface area contributed by atoms with Crippen molar-refractivity contribution in [3.05, 3.63) is 35.9 Å². The van der Waals surface area contributed by atoms with Crippen LogP contribution in [0.2, 0.25) is 0 Å². The van der Waals surface area contributed by atoms with E-state index in [4.69, 9.17) is 22.9 Å². The second-order valence-electron chi connectivity index (χ2n) is 8.45. The molecule has 0 fully saturated rings. The van der Waals surface area contributed by atoms with Crippen LogP contribution >= 0.6 is 12.6 Å². The molecule has 0 aliphatic carbocycles. The first-order chi connectivity index (χ1) is 17.9. The van der Waals surface area contributed by atoms with Crippen molar-refractivity contribution < 1.29 is 29.1 Å². The lowest BCUT2D eigenvalue weighted by atomic mass is 10.0. The van der Waals surface area contributed by atoms with Crippen LogP contribution in [0.1, 0.15) is 31.2 Å². The first-order valence-electron chi connectivity index (χ1n) is 11.8. The molecule has 4 atom stereocenters. The minimum atomic E-state index is -1.29. The molecule has 0 aliphatic heterocycles. The zero-order valence-corrected chi connectivity index (χ0v) is 21.7. The molecule has 0 saturated carbocycles. The summed E-state index contributed by atoms with van der Waals surface area (Å²) in [5, 5.41) is 16.7. The van der Waals surface area contributed by atoms with Crippen molar-refractivity contribution in [1.29, 1.82) is 0 Å². The van der Waals surface area contributed by atoms with Crippen LogP contribution < -0.4 is 38.9 Å². The average molecular weight is 553 g/mol. The highest BCUT2D eigenvalue weighted by atomic mass is 32.1. The monoisotopic (exact) mass is 552 g/mol. The molecule has 1 aromatic carbocycles. The van der Waals surface area contributed by atoms with Crippen LogP contribution in [0.3, 0.4) is 0 Å². The molecule has 1 rings (SSSR count). The summed E-state index contributed by atoms with van der Waals surface area (Å²) in [5.41, 5.74) is 22.5. The van der Waals surface area contributed by atoms with Gasteiger partial charge in [-0.2, -0.15) is 12.6 Å². The lowest BCUT2D eigenvalue weighted by molar-refractivity contribution is -0.142. The number of rotatable bonds is 17. The van der Waals surface area contributed by atoms with Crippen LogP contribution in [0.4, 0.5) is 0 Å². The van der Waals surface area contributed by atoms with E-state index in [1.54, 1.807) is 24.3 Å². The van der Waals surface area contributed by atoms with Gasteiger partial charge in [0.25, 0.3) is 0 Å². The first kappa shape index (κ1) is 32.2. The number of carboxylic acid groups (broad SMARTS) is 1. The van der Waals surface area contributed by atoms with Gasteiger partial charge in [0.2, 0.25) is 23.6 Å². The van der Waals surface area contributed by atoms with E-state index < -0.39 is 53.8 Å². The highest BCUT2D eigenvalue weighted by Gasteiger charge is 2.30. The van der Waals surface area contributed by atoms with Crippen molar-refractivity contribution in [2.24, 2.45) is 27.9 Å². The Kier molecular flexibility index (Phi) is 14.2. The molecule has 210 valence electrons. The maximum Gasteiger partial charge on any atom is 0.326 e. The molecular weight excluding hydrogens is 516 g/mol. The lowest BCUT2D eigenvalue weighted by Crippen LogP contribution is -2.57. The number of carbonyl (C=O) groups is 5. The Morgan fingerprint density at radius 2 is 1.45 bits per heavy atom. The normalized spacial score (nSPS) is 13.7. The number of aliphatic carboxylic acids is 1. The van der Waals surface area contributed by atoms with Crippen molar-refractivity contribution >= 4 is 48.2 Å². The predicted octanol–water partition coefficient (Wildman–Crippen LogP) is -2.66. The van der Waals surface area contributed by atoms with Crippen LogP contribution in [0, 0.1) is 0 Å². The van der Waals surface area contributed by atoms with Gasteiger partial charge in [0, 0.05) is 18.7 Å². The quantitative estimate of drug-likeness (QED) is 0.0422. The van der Waals surface area contributed by atoms with Crippen LogP contribution in [0.5, 0.6) is 0 Å². The number of nitrogens with zero attached hydrogens (tertiary/aromatic N) is 1. The fraction of sp³-hybridized carbons (Fsp3) is 0.478. The SMILES string of the molecule is NC(=O)CCC(NC(=O)C(N)Cc1ccccc1)C(=O)NC(CS)C(=O)NC(CCCN=C(N)N)C(=O)O. The number of hydrogen-bond acceptors (Lipinski definition) is 8. The number of benzene rings is 1. The average Bonchev–Trinajstić information content (AvgIpc) is 2.86. The highest BCUT2D eigenvalue weighted by Crippen LogP contribution is 2.05. The zero-order valence-electron chi connectivity index (χ0n) is 20.8. The fourth-order valence-electron chi connectivity index (χ4n) is 3.29. The molecule has 0 aromatic heterocycles. The van der Waals surface area contributed by atoms with Gasteiger partial charge in [0.15, 0.2) is 5.96 Å². The molecule has 14 nitrogen and oxygen atoms in total. The van der Waals surface area contributed by atoms with Gasteiger partial charge in [-0.1, -0.05) is 30.3 Å². The van der Waals surface area contributed by atoms with Crippen LogP contribution in [0.15, 0.2) is 35.3 Å². The standard InChI is InChI=1S/C23H36N8O6S/c24-14(11-13-5-2-1-3-6-13)19(33)29-15(8-9-18(25)32)20(34)31-17(12-38)21(35)30-16(22(36)37)7-4-10-28-23(26)27/h1-3,5-6,14-17,38H,4,7-12,24H2,(H2,25,32)(H,29,33)(H,30,35)(H,31,34)(H,36,37)(H4,26,27,28). The Hall–Kier alpha value is -3.85. The molecule has 0 saturated heterocycles. The van der Waals surface area contributed by atoms with Crippen LogP contribution in [-0.2, 0) is 30.4 Å². The summed E-state index contributed by atoms with van der Waals surface area (Å²) in [7, 11) is 0. The van der Waals surface area contributed by atoms with Gasteiger partial charge in [0.05, 0.1) is 6.04 Å². The van der Waals surface area contributed by atoms with Crippen LogP contribution in [-0.4, -0.2) is 77.1 Å². The molecular formula is C23H36N8O6S. The smallest absolute Gasteiger partial charge is 0.326 e. The van der Waals surface area contributed by atoms with Crippen molar-refractivity contribution in [2.45, 2.75) is 56.3 Å². The number of carboxylic acids is 1. The topological polar surface area (TPSA) is 258 Å². The van der Waals surface area contributed by atoms with E-state index in [0.717, 1.165) is 5.56 Å². The Bertz CT molecular complexity index is 989. The number of amides is 4. The maximum atomic E-state index is 13.0. The van der Waals surface area contributed by atoms with E-state index in [-0.39, 0.29) is 50.4 Å². The van der Waals surface area contributed by atoms with Gasteiger partial charge in [-0.15, -0.1) is 0 Å². The second kappa shape index (κ2) is 16.8. The summed E-state index contributed by atoms with van der Waals surface area (Å²) < 4.78 is 0. The Balaban J connectivity index is 2.84. The molecule has 0 spiro atoms. The number of thiol groups is 1. The van der Waals surface area contributed by atoms with E-state index in [1.165, 1.54) is 0 Å². The lowest BCUT2D eigenvalue weighted by Gasteiger charge is -2.24. The van der Waals surface area contributed by atoms with Gasteiger partial charge in [0.1, 0.15) is 18.1 Å². The Labute approximate surface area is 225 Å². The number of primary amides is 1. The number of nitrogens with one attached hydrogen (secondary N) is 3. The Morgan fingerprint density at radius 1 is 0.868 bits per heavy atom. The third-order valence-electron chi connectivity index (χ3n) is 5.32. The third kappa shape index (κ3) is 12.4. The van der Waals surface area contributed by atoms with E-state index in [2.05, 4.69) is 33.6 Å². The van der Waals surface area contributed by atoms with Gasteiger partial charge in [-0.05, 0) is 31.2 Å². The third-order valence-corrected chi connectivity index (χ3v) is 5.69. The molecule has 15 heteroatoms. The molecule has 38 heavy (non-hydrogen) atoms. The van der Waals surface area contributed by atoms with E-state index in [1.807, 2.05) is 6.07 Å². The molecule has 4 unspecified atom stereocenters. The van der Waals surface area contributed by atoms with Gasteiger partial charge < -0.3 is 44.0 Å². The summed E-state index contributed by atoms with van der Waals surface area (Å²) in [6.07, 6.45) is 0.146. The van der Waals surface area contributed by atoms with E-state index >= 15 is 0 Å². The number of hydrogen-bond donors (Lipinski definition) is 9. The maximum absolute atomic E-state index is 13.0. The molecule has 4 amide bonds. The summed E-state index contributed by atoms with van der Waals surface area (Å²) >= 11 is 4.07. The molecule has 0 bridgehead atoms. The minimum Gasteiger partial charge on any atom is -0.480 e. The summed E-state index contributed by atoms with van der Waals surface area (Å²) in [6, 6.07) is 4.28. The molecule has 0 heterocycles. The zero-order chi connectivity index (χ0) is 28.7. The fourth-order valence-corrected chi connectivity index (χ4v) is 3.55. The van der Waals surface area contributed by atoms with Crippen molar-refractivity contribution in [3.63, 3.8) is 0 Å². The minimum absolute atomic E-state index is 0.0295. The molecule has 0 radical (unpaired) electrons. The number of guanidine groups is 1. The largest absolute Gasteiger partial charge is 0.480 e. The number of nitrogens with two attached hydrogens (primary N) is 4. The van der Waals surface area contributed by atoms with E-state index in [0.29, 0.717) is 0 Å². The number of aliphatic imine (C=N–C) groups is 1. The van der Waals surface area contributed by atoms with Gasteiger partial charge in [-0.3, -0.25) is 24.2 Å². The summed E-state index contributed by atoms with van der Waals surface area (Å²) in [4.78, 5) is 64.9. The molecule has 12 N–H and O–H groups in total.